The number of hydrogen-bond acceptors (Lipinski definition) is 3. The van der Waals surface area contributed by atoms with E-state index in [1.54, 1.807) is 25.3 Å². The zero-order chi connectivity index (χ0) is 17.1. The minimum atomic E-state index is -0.212. The van der Waals surface area contributed by atoms with Gasteiger partial charge in [0, 0.05) is 7.05 Å². The standard InChI is InChI=1S/C20H21NO3/c1-14(20(22)21(2)13-19-5-4-10-24-19)15-6-7-17-12-18(23-3)9-8-16(17)11-15/h4-12,14H,13H2,1-3H3/t14-/m1/s1. The molecule has 2 aromatic carbocycles. The van der Waals surface area contributed by atoms with Crippen LogP contribution in [0.25, 0.3) is 10.8 Å². The number of carbonyl (C=O) groups excluding carboxylic acids is 1. The van der Waals surface area contributed by atoms with E-state index in [2.05, 4.69) is 6.07 Å². The minimum absolute atomic E-state index is 0.0688. The van der Waals surface area contributed by atoms with Crippen LogP contribution >= 0.6 is 0 Å². The Morgan fingerprint density at radius 1 is 1.17 bits per heavy atom. The number of carbonyl (C=O) groups is 1. The summed E-state index contributed by atoms with van der Waals surface area (Å²) in [6, 6.07) is 15.7. The first kappa shape index (κ1) is 16.1. The van der Waals surface area contributed by atoms with E-state index in [-0.39, 0.29) is 11.8 Å². The molecule has 0 aliphatic carbocycles. The van der Waals surface area contributed by atoms with Crippen LogP contribution in [0.15, 0.2) is 59.2 Å². The van der Waals surface area contributed by atoms with Gasteiger partial charge in [0.2, 0.25) is 5.91 Å². The molecule has 4 heteroatoms. The molecule has 1 amide bonds. The van der Waals surface area contributed by atoms with Crippen molar-refractivity contribution in [3.05, 3.63) is 66.1 Å². The third kappa shape index (κ3) is 3.27. The minimum Gasteiger partial charge on any atom is -0.497 e. The summed E-state index contributed by atoms with van der Waals surface area (Å²) in [6.07, 6.45) is 1.62. The number of rotatable bonds is 5. The quantitative estimate of drug-likeness (QED) is 0.706. The molecule has 0 aliphatic rings. The maximum atomic E-state index is 12.7. The molecule has 24 heavy (non-hydrogen) atoms. The molecule has 0 saturated heterocycles. The number of likely N-dealkylation sites (N-methyl/N-ethyl adjacent to an activating group) is 1. The van der Waals surface area contributed by atoms with Crippen LogP contribution in [0.4, 0.5) is 0 Å². The number of ether oxygens (including phenoxy) is 1. The fourth-order valence-electron chi connectivity index (χ4n) is 2.83. The number of benzene rings is 2. The SMILES string of the molecule is COc1ccc2cc([C@@H](C)C(=O)N(C)Cc3ccco3)ccc2c1. The van der Waals surface area contributed by atoms with Gasteiger partial charge in [0.1, 0.15) is 11.5 Å². The summed E-state index contributed by atoms with van der Waals surface area (Å²) in [7, 11) is 3.46. The Balaban J connectivity index is 1.79. The molecule has 124 valence electrons. The second-order valence-electron chi connectivity index (χ2n) is 5.97. The third-order valence-electron chi connectivity index (χ3n) is 4.29. The Hall–Kier alpha value is -2.75. The number of nitrogens with zero attached hydrogens (tertiary/aromatic N) is 1. The van der Waals surface area contributed by atoms with Crippen LogP contribution in [0.2, 0.25) is 0 Å². The number of furan rings is 1. The van der Waals surface area contributed by atoms with Gasteiger partial charge in [-0.3, -0.25) is 4.79 Å². The van der Waals surface area contributed by atoms with E-state index in [4.69, 9.17) is 9.15 Å². The summed E-state index contributed by atoms with van der Waals surface area (Å²) in [5.41, 5.74) is 1.00. The molecule has 1 aromatic heterocycles. The molecule has 0 bridgehead atoms. The van der Waals surface area contributed by atoms with Crippen molar-refractivity contribution in [3.63, 3.8) is 0 Å². The Bertz CT molecular complexity index is 839. The molecule has 0 fully saturated rings. The Morgan fingerprint density at radius 2 is 1.92 bits per heavy atom. The maximum absolute atomic E-state index is 12.7. The molecule has 0 spiro atoms. The second kappa shape index (κ2) is 6.79. The van der Waals surface area contributed by atoms with E-state index in [0.29, 0.717) is 6.54 Å². The van der Waals surface area contributed by atoms with Crippen LogP contribution in [0, 0.1) is 0 Å². The van der Waals surface area contributed by atoms with Crippen molar-refractivity contribution >= 4 is 16.7 Å². The average molecular weight is 323 g/mol. The summed E-state index contributed by atoms with van der Waals surface area (Å²) in [4.78, 5) is 14.4. The molecule has 1 heterocycles. The third-order valence-corrected chi connectivity index (χ3v) is 4.29. The molecule has 0 radical (unpaired) electrons. The van der Waals surface area contributed by atoms with Crippen LogP contribution in [-0.4, -0.2) is 25.0 Å². The summed E-state index contributed by atoms with van der Waals surface area (Å²) in [6.45, 7) is 2.41. The summed E-state index contributed by atoms with van der Waals surface area (Å²) >= 11 is 0. The van der Waals surface area contributed by atoms with Gasteiger partial charge in [0.15, 0.2) is 0 Å². The first-order valence-electron chi connectivity index (χ1n) is 7.93. The van der Waals surface area contributed by atoms with E-state index in [0.717, 1.165) is 27.8 Å². The van der Waals surface area contributed by atoms with Crippen LogP contribution in [0.1, 0.15) is 24.2 Å². The molecular formula is C20H21NO3. The van der Waals surface area contributed by atoms with Gasteiger partial charge < -0.3 is 14.1 Å². The zero-order valence-corrected chi connectivity index (χ0v) is 14.2. The maximum Gasteiger partial charge on any atom is 0.229 e. The van der Waals surface area contributed by atoms with Crippen molar-refractivity contribution in [2.24, 2.45) is 0 Å². The zero-order valence-electron chi connectivity index (χ0n) is 14.2. The lowest BCUT2D eigenvalue weighted by Gasteiger charge is -2.21. The van der Waals surface area contributed by atoms with Crippen molar-refractivity contribution in [1.82, 2.24) is 4.90 Å². The predicted molar refractivity (Wildman–Crippen MR) is 94.1 cm³/mol. The van der Waals surface area contributed by atoms with E-state index < -0.39 is 0 Å². The van der Waals surface area contributed by atoms with Crippen molar-refractivity contribution in [1.29, 1.82) is 0 Å². The van der Waals surface area contributed by atoms with E-state index >= 15 is 0 Å². The van der Waals surface area contributed by atoms with Crippen LogP contribution in [0.5, 0.6) is 5.75 Å². The highest BCUT2D eigenvalue weighted by Crippen LogP contribution is 2.26. The number of amides is 1. The predicted octanol–water partition coefficient (Wildman–Crippen LogP) is 4.20. The van der Waals surface area contributed by atoms with Crippen molar-refractivity contribution in [3.8, 4) is 5.75 Å². The van der Waals surface area contributed by atoms with Gasteiger partial charge in [0.25, 0.3) is 0 Å². The molecule has 0 N–H and O–H groups in total. The number of fused-ring (bicyclic) bond motifs is 1. The van der Waals surface area contributed by atoms with Gasteiger partial charge in [0.05, 0.1) is 25.8 Å². The monoisotopic (exact) mass is 323 g/mol. The fraction of sp³-hybridized carbons (Fsp3) is 0.250. The van der Waals surface area contributed by atoms with E-state index in [1.807, 2.05) is 49.4 Å². The van der Waals surface area contributed by atoms with Gasteiger partial charge in [-0.25, -0.2) is 0 Å². The fourth-order valence-corrected chi connectivity index (χ4v) is 2.83. The summed E-state index contributed by atoms with van der Waals surface area (Å²) in [5, 5.41) is 2.20. The summed E-state index contributed by atoms with van der Waals surface area (Å²) in [5.74, 6) is 1.47. The van der Waals surface area contributed by atoms with Gasteiger partial charge in [-0.1, -0.05) is 24.3 Å². The second-order valence-corrected chi connectivity index (χ2v) is 5.97. The van der Waals surface area contributed by atoms with Gasteiger partial charge in [-0.05, 0) is 47.5 Å². The Labute approximate surface area is 141 Å². The molecule has 0 saturated carbocycles. The van der Waals surface area contributed by atoms with Crippen LogP contribution in [-0.2, 0) is 11.3 Å². The van der Waals surface area contributed by atoms with Gasteiger partial charge in [-0.15, -0.1) is 0 Å². The lowest BCUT2D eigenvalue weighted by atomic mass is 9.96. The Morgan fingerprint density at radius 3 is 2.62 bits per heavy atom. The van der Waals surface area contributed by atoms with Crippen molar-refractivity contribution in [2.45, 2.75) is 19.4 Å². The number of hydrogen-bond donors (Lipinski definition) is 0. The average Bonchev–Trinajstić information content (AvgIpc) is 3.12. The van der Waals surface area contributed by atoms with Gasteiger partial charge in [-0.2, -0.15) is 0 Å². The van der Waals surface area contributed by atoms with E-state index in [1.165, 1.54) is 0 Å². The molecule has 0 unspecified atom stereocenters. The van der Waals surface area contributed by atoms with Crippen LogP contribution < -0.4 is 4.74 Å². The smallest absolute Gasteiger partial charge is 0.229 e. The molecule has 4 nitrogen and oxygen atoms in total. The molecule has 3 rings (SSSR count). The van der Waals surface area contributed by atoms with Crippen molar-refractivity contribution < 1.29 is 13.9 Å². The highest BCUT2D eigenvalue weighted by molar-refractivity contribution is 5.88. The highest BCUT2D eigenvalue weighted by atomic mass is 16.5. The van der Waals surface area contributed by atoms with Crippen LogP contribution in [0.3, 0.4) is 0 Å². The summed E-state index contributed by atoms with van der Waals surface area (Å²) < 4.78 is 10.6. The Kier molecular flexibility index (Phi) is 4.56. The topological polar surface area (TPSA) is 42.7 Å². The van der Waals surface area contributed by atoms with Crippen molar-refractivity contribution in [2.75, 3.05) is 14.2 Å². The molecule has 0 aliphatic heterocycles. The normalized spacial score (nSPS) is 12.1. The molecule has 3 aromatic rings. The van der Waals surface area contributed by atoms with Gasteiger partial charge >= 0.3 is 0 Å². The first-order chi connectivity index (χ1) is 11.6. The first-order valence-corrected chi connectivity index (χ1v) is 7.93. The lowest BCUT2D eigenvalue weighted by molar-refractivity contribution is -0.131. The van der Waals surface area contributed by atoms with E-state index in [9.17, 15) is 4.79 Å². The largest absolute Gasteiger partial charge is 0.497 e. The number of methoxy groups -OCH3 is 1. The highest BCUT2D eigenvalue weighted by Gasteiger charge is 2.20. The lowest BCUT2D eigenvalue weighted by Crippen LogP contribution is -2.30. The molecular weight excluding hydrogens is 302 g/mol. The molecule has 1 atom stereocenters.